The Morgan fingerprint density at radius 3 is 2.53 bits per heavy atom. The van der Waals surface area contributed by atoms with Crippen molar-refractivity contribution in [1.82, 2.24) is 10.3 Å². The summed E-state index contributed by atoms with van der Waals surface area (Å²) in [7, 11) is 0. The van der Waals surface area contributed by atoms with Gasteiger partial charge in [0.05, 0.1) is 12.2 Å². The van der Waals surface area contributed by atoms with Gasteiger partial charge in [-0.3, -0.25) is 4.98 Å². The van der Waals surface area contributed by atoms with Crippen LogP contribution in [0, 0.1) is 26.6 Å². The first-order chi connectivity index (χ1) is 9.04. The molecule has 2 rings (SSSR count). The Morgan fingerprint density at radius 2 is 2.00 bits per heavy atom. The van der Waals surface area contributed by atoms with Gasteiger partial charge in [0.1, 0.15) is 17.3 Å². The molecule has 2 aromatic rings. The second kappa shape index (κ2) is 5.53. The highest BCUT2D eigenvalue weighted by Crippen LogP contribution is 2.31. The summed E-state index contributed by atoms with van der Waals surface area (Å²) in [6.45, 7) is 8.71. The van der Waals surface area contributed by atoms with E-state index in [1.165, 1.54) is 12.3 Å². The lowest BCUT2D eigenvalue weighted by Gasteiger charge is -2.19. The zero-order valence-corrected chi connectivity index (χ0v) is 11.7. The van der Waals surface area contributed by atoms with Crippen molar-refractivity contribution in [3.05, 3.63) is 52.5 Å². The minimum Gasteiger partial charge on any atom is -0.466 e. The molecule has 0 radical (unpaired) electrons. The first-order valence-electron chi connectivity index (χ1n) is 6.45. The van der Waals surface area contributed by atoms with Crippen molar-refractivity contribution < 1.29 is 8.81 Å². The molecule has 0 saturated heterocycles. The lowest BCUT2D eigenvalue weighted by Crippen LogP contribution is -2.23. The highest BCUT2D eigenvalue weighted by molar-refractivity contribution is 5.40. The number of hydrogen-bond acceptors (Lipinski definition) is 3. The maximum absolute atomic E-state index is 13.4. The van der Waals surface area contributed by atoms with E-state index >= 15 is 0 Å². The molecular weight excluding hydrogens is 243 g/mol. The number of nitrogens with one attached hydrogen (secondary N) is 1. The SMILES string of the molecule is CCNC(c1cncc(F)c1)c1c(C)oc(C)c1C. The molecule has 1 unspecified atom stereocenters. The van der Waals surface area contributed by atoms with Crippen LogP contribution in [0.25, 0.3) is 0 Å². The van der Waals surface area contributed by atoms with Crippen LogP contribution in [0.3, 0.4) is 0 Å². The maximum Gasteiger partial charge on any atom is 0.141 e. The van der Waals surface area contributed by atoms with E-state index in [1.807, 2.05) is 27.7 Å². The largest absolute Gasteiger partial charge is 0.466 e. The molecule has 0 fully saturated rings. The second-order valence-corrected chi connectivity index (χ2v) is 4.68. The first kappa shape index (κ1) is 13.7. The zero-order chi connectivity index (χ0) is 14.0. The molecule has 0 spiro atoms. The van der Waals surface area contributed by atoms with Gasteiger partial charge in [0.2, 0.25) is 0 Å². The molecule has 0 aromatic carbocycles. The van der Waals surface area contributed by atoms with E-state index in [1.54, 1.807) is 6.20 Å². The van der Waals surface area contributed by atoms with Crippen LogP contribution in [0.2, 0.25) is 0 Å². The summed E-state index contributed by atoms with van der Waals surface area (Å²) < 4.78 is 19.0. The molecule has 0 bridgehead atoms. The summed E-state index contributed by atoms with van der Waals surface area (Å²) in [5.41, 5.74) is 2.99. The number of hydrogen-bond donors (Lipinski definition) is 1. The second-order valence-electron chi connectivity index (χ2n) is 4.68. The van der Waals surface area contributed by atoms with Crippen LogP contribution in [0.15, 0.2) is 22.9 Å². The number of rotatable bonds is 4. The Labute approximate surface area is 112 Å². The van der Waals surface area contributed by atoms with Crippen molar-refractivity contribution in [2.75, 3.05) is 6.54 Å². The summed E-state index contributed by atoms with van der Waals surface area (Å²) in [4.78, 5) is 3.93. The minimum absolute atomic E-state index is 0.0920. The van der Waals surface area contributed by atoms with Crippen molar-refractivity contribution in [2.45, 2.75) is 33.7 Å². The van der Waals surface area contributed by atoms with E-state index in [4.69, 9.17) is 4.42 Å². The van der Waals surface area contributed by atoms with Gasteiger partial charge < -0.3 is 9.73 Å². The van der Waals surface area contributed by atoms with Crippen molar-refractivity contribution >= 4 is 0 Å². The molecule has 0 aliphatic rings. The summed E-state index contributed by atoms with van der Waals surface area (Å²) in [6.07, 6.45) is 2.91. The lowest BCUT2D eigenvalue weighted by atomic mass is 9.96. The summed E-state index contributed by atoms with van der Waals surface area (Å²) in [6, 6.07) is 1.42. The number of pyridine rings is 1. The van der Waals surface area contributed by atoms with E-state index in [9.17, 15) is 4.39 Å². The summed E-state index contributed by atoms with van der Waals surface area (Å²) in [5, 5.41) is 3.37. The Balaban J connectivity index is 2.51. The molecule has 0 aliphatic carbocycles. The monoisotopic (exact) mass is 262 g/mol. The molecule has 2 aromatic heterocycles. The van der Waals surface area contributed by atoms with Gasteiger partial charge >= 0.3 is 0 Å². The highest BCUT2D eigenvalue weighted by Gasteiger charge is 2.22. The Hall–Kier alpha value is -1.68. The van der Waals surface area contributed by atoms with Gasteiger partial charge in [0.15, 0.2) is 0 Å². The van der Waals surface area contributed by atoms with Gasteiger partial charge in [-0.2, -0.15) is 0 Å². The van der Waals surface area contributed by atoms with Crippen LogP contribution < -0.4 is 5.32 Å². The van der Waals surface area contributed by atoms with E-state index < -0.39 is 0 Å². The smallest absolute Gasteiger partial charge is 0.141 e. The van der Waals surface area contributed by atoms with E-state index in [0.29, 0.717) is 0 Å². The zero-order valence-electron chi connectivity index (χ0n) is 11.7. The van der Waals surface area contributed by atoms with Crippen LogP contribution in [0.5, 0.6) is 0 Å². The van der Waals surface area contributed by atoms with Crippen LogP contribution in [-0.2, 0) is 0 Å². The van der Waals surface area contributed by atoms with Gasteiger partial charge in [-0.1, -0.05) is 6.92 Å². The van der Waals surface area contributed by atoms with Crippen molar-refractivity contribution in [3.63, 3.8) is 0 Å². The Kier molecular flexibility index (Phi) is 4.00. The van der Waals surface area contributed by atoms with Crippen molar-refractivity contribution in [1.29, 1.82) is 0 Å². The molecule has 0 saturated carbocycles. The fraction of sp³-hybridized carbons (Fsp3) is 0.400. The Bertz CT molecular complexity index is 578. The molecule has 0 aliphatic heterocycles. The molecule has 2 heterocycles. The predicted octanol–water partition coefficient (Wildman–Crippen LogP) is 3.44. The van der Waals surface area contributed by atoms with Crippen molar-refractivity contribution in [3.8, 4) is 0 Å². The quantitative estimate of drug-likeness (QED) is 0.917. The van der Waals surface area contributed by atoms with Gasteiger partial charge in [-0.25, -0.2) is 4.39 Å². The van der Waals surface area contributed by atoms with Gasteiger partial charge in [-0.05, 0) is 44.5 Å². The van der Waals surface area contributed by atoms with Crippen LogP contribution in [0.1, 0.15) is 41.2 Å². The van der Waals surface area contributed by atoms with Gasteiger partial charge in [0.25, 0.3) is 0 Å². The topological polar surface area (TPSA) is 38.1 Å². The predicted molar refractivity (Wildman–Crippen MR) is 72.6 cm³/mol. The van der Waals surface area contributed by atoms with Crippen molar-refractivity contribution in [2.24, 2.45) is 0 Å². The van der Waals surface area contributed by atoms with Gasteiger partial charge in [0, 0.05) is 11.8 Å². The number of furan rings is 1. The van der Waals surface area contributed by atoms with Crippen LogP contribution in [-0.4, -0.2) is 11.5 Å². The van der Waals surface area contributed by atoms with Crippen LogP contribution >= 0.6 is 0 Å². The molecule has 1 atom stereocenters. The Morgan fingerprint density at radius 1 is 1.26 bits per heavy atom. The molecule has 19 heavy (non-hydrogen) atoms. The fourth-order valence-electron chi connectivity index (χ4n) is 2.41. The van der Waals surface area contributed by atoms with Crippen LogP contribution in [0.4, 0.5) is 4.39 Å². The maximum atomic E-state index is 13.4. The normalized spacial score (nSPS) is 12.7. The standard InChI is InChI=1S/C15H19FN2O/c1-5-18-15(12-6-13(16)8-17-7-12)14-9(2)10(3)19-11(14)4/h6-8,15,18H,5H2,1-4H3. The minimum atomic E-state index is -0.323. The summed E-state index contributed by atoms with van der Waals surface area (Å²) >= 11 is 0. The van der Waals surface area contributed by atoms with E-state index in [0.717, 1.165) is 34.8 Å². The highest BCUT2D eigenvalue weighted by atomic mass is 19.1. The molecule has 0 amide bonds. The summed E-state index contributed by atoms with van der Waals surface area (Å²) in [5.74, 6) is 1.45. The lowest BCUT2D eigenvalue weighted by molar-refractivity contribution is 0.493. The number of aromatic nitrogens is 1. The third-order valence-electron chi connectivity index (χ3n) is 3.37. The third kappa shape index (κ3) is 2.68. The van der Waals surface area contributed by atoms with E-state index in [-0.39, 0.29) is 11.9 Å². The molecular formula is C15H19FN2O. The average Bonchev–Trinajstić information content (AvgIpc) is 2.61. The number of aryl methyl sites for hydroxylation is 2. The molecule has 102 valence electrons. The number of halogens is 1. The van der Waals surface area contributed by atoms with Gasteiger partial charge in [-0.15, -0.1) is 0 Å². The molecule has 3 nitrogen and oxygen atoms in total. The first-order valence-corrected chi connectivity index (χ1v) is 6.45. The fourth-order valence-corrected chi connectivity index (χ4v) is 2.41. The van der Waals surface area contributed by atoms with E-state index in [2.05, 4.69) is 10.3 Å². The average molecular weight is 262 g/mol. The molecule has 1 N–H and O–H groups in total. The molecule has 4 heteroatoms. The number of nitrogens with zero attached hydrogens (tertiary/aromatic N) is 1. The third-order valence-corrected chi connectivity index (χ3v) is 3.37.